The number of pyridine rings is 2. The van der Waals surface area contributed by atoms with Crippen molar-refractivity contribution < 1.29 is 14.3 Å². The number of ether oxygens (including phenoxy) is 1. The Hall–Kier alpha value is -3.16. The van der Waals surface area contributed by atoms with Crippen LogP contribution in [0.25, 0.3) is 0 Å². The van der Waals surface area contributed by atoms with Crippen LogP contribution in [0.1, 0.15) is 62.2 Å². The summed E-state index contributed by atoms with van der Waals surface area (Å²) < 4.78 is 5.78. The van der Waals surface area contributed by atoms with Crippen LogP contribution in [-0.4, -0.2) is 41.9 Å². The Morgan fingerprint density at radius 1 is 1.12 bits per heavy atom. The van der Waals surface area contributed by atoms with Crippen LogP contribution in [0.2, 0.25) is 0 Å². The minimum Gasteiger partial charge on any atom is -0.491 e. The molecule has 2 aromatic rings. The van der Waals surface area contributed by atoms with E-state index in [0.29, 0.717) is 28.2 Å². The van der Waals surface area contributed by atoms with Crippen LogP contribution in [0.3, 0.4) is 0 Å². The number of rotatable bonds is 7. The van der Waals surface area contributed by atoms with Crippen LogP contribution < -0.4 is 20.3 Å². The number of carbonyl (C=O) groups is 2. The lowest BCUT2D eigenvalue weighted by Gasteiger charge is -2.53. The molecule has 3 aliphatic rings. The summed E-state index contributed by atoms with van der Waals surface area (Å²) >= 11 is 0. The van der Waals surface area contributed by atoms with E-state index in [9.17, 15) is 9.59 Å². The number of methoxy groups -OCH3 is 1. The molecule has 1 spiro atoms. The van der Waals surface area contributed by atoms with Crippen molar-refractivity contribution in [2.45, 2.75) is 51.9 Å². The van der Waals surface area contributed by atoms with Gasteiger partial charge >= 0.3 is 0 Å². The second kappa shape index (κ2) is 8.65. The molecular weight excluding hydrogens is 418 g/mol. The van der Waals surface area contributed by atoms with Crippen molar-refractivity contribution in [1.29, 1.82) is 0 Å². The zero-order chi connectivity index (χ0) is 23.0. The number of aromatic nitrogens is 2. The highest BCUT2D eigenvalue weighted by molar-refractivity contribution is 6.01. The highest BCUT2D eigenvalue weighted by Gasteiger charge is 2.44. The Kier molecular flexibility index (Phi) is 5.68. The Morgan fingerprint density at radius 3 is 2.55 bits per heavy atom. The van der Waals surface area contributed by atoms with Crippen LogP contribution >= 0.6 is 0 Å². The fraction of sp³-hybridized carbons (Fsp3) is 0.520. The van der Waals surface area contributed by atoms with Crippen LogP contribution in [0.5, 0.6) is 5.75 Å². The summed E-state index contributed by atoms with van der Waals surface area (Å²) in [5.41, 5.74) is 2.17. The van der Waals surface area contributed by atoms with Gasteiger partial charge < -0.3 is 20.3 Å². The maximum absolute atomic E-state index is 12.2. The molecule has 1 aliphatic heterocycles. The van der Waals surface area contributed by atoms with E-state index in [0.717, 1.165) is 37.4 Å². The Bertz CT molecular complexity index is 1070. The molecule has 0 aromatic carbocycles. The number of hydrogen-bond acceptors (Lipinski definition) is 7. The molecule has 2 aliphatic carbocycles. The van der Waals surface area contributed by atoms with Gasteiger partial charge in [-0.25, -0.2) is 9.97 Å². The van der Waals surface area contributed by atoms with Crippen LogP contribution in [-0.2, 0) is 4.79 Å². The summed E-state index contributed by atoms with van der Waals surface area (Å²) in [6, 6.07) is 3.54. The molecule has 174 valence electrons. The molecule has 0 unspecified atom stereocenters. The van der Waals surface area contributed by atoms with Crippen molar-refractivity contribution in [1.82, 2.24) is 9.97 Å². The molecule has 33 heavy (non-hydrogen) atoms. The summed E-state index contributed by atoms with van der Waals surface area (Å²) in [5, 5.41) is 6.19. The zero-order valence-electron chi connectivity index (χ0n) is 19.3. The number of Topliss-reactive ketones (excluding diaryl/α,β-unsaturated/α-hetero) is 1. The Balaban J connectivity index is 1.40. The van der Waals surface area contributed by atoms with E-state index in [1.807, 2.05) is 6.07 Å². The van der Waals surface area contributed by atoms with Gasteiger partial charge in [0.05, 0.1) is 24.0 Å². The molecule has 0 atom stereocenters. The monoisotopic (exact) mass is 449 g/mol. The summed E-state index contributed by atoms with van der Waals surface area (Å²) in [7, 11) is 1.64. The number of amides is 1. The fourth-order valence-corrected chi connectivity index (χ4v) is 5.12. The average Bonchev–Trinajstić information content (AvgIpc) is 3.63. The third-order valence-corrected chi connectivity index (χ3v) is 7.11. The predicted octanol–water partition coefficient (Wildman–Crippen LogP) is 4.55. The number of nitrogens with zero attached hydrogens (tertiary/aromatic N) is 3. The standard InChI is InChI=1S/C25H31N5O3/c1-16(31)18-13-27-21(29-24(32)17-6-7-17)12-20(18)28-19-8-11-26-23(22(19)33-2)30-14-25(15-30)9-4-3-5-10-25/h8,11-13,17H,3-7,9-10,14-15H2,1-2H3,(H2,26,27,28,29,32). The Morgan fingerprint density at radius 2 is 1.88 bits per heavy atom. The fourth-order valence-electron chi connectivity index (χ4n) is 5.12. The first kappa shape index (κ1) is 21.7. The lowest BCUT2D eigenvalue weighted by Crippen LogP contribution is -2.57. The Labute approximate surface area is 194 Å². The number of nitrogens with one attached hydrogen (secondary N) is 2. The lowest BCUT2D eigenvalue weighted by atomic mass is 9.68. The van der Waals surface area contributed by atoms with Crippen LogP contribution in [0.4, 0.5) is 23.0 Å². The SMILES string of the molecule is COc1c(Nc2cc(NC(=O)C3CC3)ncc2C(C)=O)ccnc1N1CC2(CCCCC2)C1. The van der Waals surface area contributed by atoms with Gasteiger partial charge in [0.2, 0.25) is 5.91 Å². The summed E-state index contributed by atoms with van der Waals surface area (Å²) in [5.74, 6) is 1.83. The molecule has 0 radical (unpaired) electrons. The van der Waals surface area contributed by atoms with Crippen molar-refractivity contribution in [3.8, 4) is 5.75 Å². The quantitative estimate of drug-likeness (QED) is 0.599. The molecule has 3 heterocycles. The van der Waals surface area contributed by atoms with E-state index >= 15 is 0 Å². The number of ketones is 1. The maximum Gasteiger partial charge on any atom is 0.228 e. The van der Waals surface area contributed by atoms with Crippen molar-refractivity contribution in [3.63, 3.8) is 0 Å². The zero-order valence-corrected chi connectivity index (χ0v) is 19.3. The molecule has 2 aromatic heterocycles. The first-order chi connectivity index (χ1) is 16.0. The van der Waals surface area contributed by atoms with Crippen LogP contribution in [0.15, 0.2) is 24.5 Å². The van der Waals surface area contributed by atoms with Gasteiger partial charge in [0, 0.05) is 42.9 Å². The lowest BCUT2D eigenvalue weighted by molar-refractivity contribution is -0.117. The van der Waals surface area contributed by atoms with Crippen molar-refractivity contribution in [2.75, 3.05) is 35.7 Å². The highest BCUT2D eigenvalue weighted by Crippen LogP contribution is 2.48. The molecule has 3 fully saturated rings. The topological polar surface area (TPSA) is 96.4 Å². The van der Waals surface area contributed by atoms with E-state index in [1.54, 1.807) is 19.4 Å². The van der Waals surface area contributed by atoms with Gasteiger partial charge in [-0.1, -0.05) is 19.3 Å². The number of carbonyl (C=O) groups excluding carboxylic acids is 2. The molecule has 5 rings (SSSR count). The van der Waals surface area contributed by atoms with Gasteiger partial charge in [0.1, 0.15) is 5.82 Å². The van der Waals surface area contributed by atoms with E-state index in [2.05, 4.69) is 25.5 Å². The third-order valence-electron chi connectivity index (χ3n) is 7.11. The summed E-state index contributed by atoms with van der Waals surface area (Å²) in [6.45, 7) is 3.51. The number of hydrogen-bond donors (Lipinski definition) is 2. The third kappa shape index (κ3) is 4.38. The minimum absolute atomic E-state index is 0.0257. The summed E-state index contributed by atoms with van der Waals surface area (Å²) in [4.78, 5) is 35.6. The average molecular weight is 450 g/mol. The van der Waals surface area contributed by atoms with Gasteiger partial charge in [0.25, 0.3) is 0 Å². The highest BCUT2D eigenvalue weighted by atomic mass is 16.5. The second-order valence-corrected chi connectivity index (χ2v) is 9.69. The maximum atomic E-state index is 12.2. The van der Waals surface area contributed by atoms with Crippen molar-refractivity contribution >= 4 is 34.7 Å². The number of anilines is 4. The smallest absolute Gasteiger partial charge is 0.228 e. The summed E-state index contributed by atoms with van der Waals surface area (Å²) in [6.07, 6.45) is 11.6. The van der Waals surface area contributed by atoms with E-state index < -0.39 is 0 Å². The normalized spacial score (nSPS) is 19.0. The first-order valence-corrected chi connectivity index (χ1v) is 11.8. The van der Waals surface area contributed by atoms with Crippen molar-refractivity contribution in [3.05, 3.63) is 30.1 Å². The molecule has 1 amide bonds. The van der Waals surface area contributed by atoms with Gasteiger partial charge in [-0.05, 0) is 38.7 Å². The molecule has 2 saturated carbocycles. The minimum atomic E-state index is -0.111. The van der Waals surface area contributed by atoms with Crippen LogP contribution in [0, 0.1) is 11.3 Å². The van der Waals surface area contributed by atoms with Gasteiger partial charge in [-0.3, -0.25) is 9.59 Å². The molecular formula is C25H31N5O3. The first-order valence-electron chi connectivity index (χ1n) is 11.8. The largest absolute Gasteiger partial charge is 0.491 e. The molecule has 0 bridgehead atoms. The van der Waals surface area contributed by atoms with Crippen molar-refractivity contribution in [2.24, 2.45) is 11.3 Å². The molecule has 8 heteroatoms. The van der Waals surface area contributed by atoms with E-state index in [-0.39, 0.29) is 17.6 Å². The van der Waals surface area contributed by atoms with E-state index in [1.165, 1.54) is 45.2 Å². The molecule has 8 nitrogen and oxygen atoms in total. The molecule has 2 N–H and O–H groups in total. The second-order valence-electron chi connectivity index (χ2n) is 9.69. The predicted molar refractivity (Wildman–Crippen MR) is 127 cm³/mol. The van der Waals surface area contributed by atoms with Gasteiger partial charge in [0.15, 0.2) is 17.4 Å². The van der Waals surface area contributed by atoms with E-state index in [4.69, 9.17) is 4.74 Å². The molecule has 1 saturated heterocycles. The van der Waals surface area contributed by atoms with Gasteiger partial charge in [-0.15, -0.1) is 0 Å². The van der Waals surface area contributed by atoms with Gasteiger partial charge in [-0.2, -0.15) is 0 Å².